The highest BCUT2D eigenvalue weighted by molar-refractivity contribution is 6.07. The van der Waals surface area contributed by atoms with Crippen LogP contribution in [0.5, 0.6) is 0 Å². The molecule has 0 radical (unpaired) electrons. The van der Waals surface area contributed by atoms with Crippen molar-refractivity contribution in [1.82, 2.24) is 14.5 Å². The quantitative estimate of drug-likeness (QED) is 0.228. The minimum absolute atomic E-state index is 0.103. The average molecular weight is 361 g/mol. The third-order valence-corrected chi connectivity index (χ3v) is 4.57. The molecule has 2 aromatic heterocycles. The molecule has 0 aliphatic heterocycles. The van der Waals surface area contributed by atoms with Crippen LogP contribution in [0.1, 0.15) is 12.8 Å². The number of imidazole rings is 1. The highest BCUT2D eigenvalue weighted by Gasteiger charge is 2.13. The molecule has 136 valence electrons. The molecule has 0 unspecified atom stereocenters. The number of para-hydroxylation sites is 2. The molecule has 4 rings (SSSR count). The molecule has 0 amide bonds. The van der Waals surface area contributed by atoms with Gasteiger partial charge in [-0.05, 0) is 29.9 Å². The Balaban J connectivity index is 1.47. The van der Waals surface area contributed by atoms with Crippen LogP contribution in [0.3, 0.4) is 0 Å². The molecule has 2 aromatic carbocycles. The fraction of sp³-hybridized carbons (Fsp3) is 0.200. The summed E-state index contributed by atoms with van der Waals surface area (Å²) in [5.41, 5.74) is 3.02. The number of rotatable bonds is 7. The van der Waals surface area contributed by atoms with Gasteiger partial charge in [-0.2, -0.15) is 0 Å². The highest BCUT2D eigenvalue weighted by atomic mass is 16.6. The number of anilines is 1. The lowest BCUT2D eigenvalue weighted by atomic mass is 10.1. The second-order valence-corrected chi connectivity index (χ2v) is 6.33. The standard InChI is InChI=1S/C20H19N5O2/c26-25(27)20-22-12-14-24(20)13-6-5-11-21-19-15-7-1-3-9-17(15)23-18-10-4-2-8-16(18)19/h1-4,7-10,12,14H,5-6,11,13H2,(H,21,23). The Hall–Kier alpha value is -3.48. The Morgan fingerprint density at radius 1 is 1.00 bits per heavy atom. The third-order valence-electron chi connectivity index (χ3n) is 4.57. The first-order chi connectivity index (χ1) is 13.2. The van der Waals surface area contributed by atoms with E-state index in [4.69, 9.17) is 4.98 Å². The van der Waals surface area contributed by atoms with Crippen molar-refractivity contribution in [3.8, 4) is 0 Å². The van der Waals surface area contributed by atoms with Gasteiger partial charge in [0.15, 0.2) is 0 Å². The van der Waals surface area contributed by atoms with Crippen molar-refractivity contribution in [2.45, 2.75) is 19.4 Å². The van der Waals surface area contributed by atoms with Gasteiger partial charge >= 0.3 is 5.95 Å². The fourth-order valence-electron chi connectivity index (χ4n) is 3.30. The Kier molecular flexibility index (Phi) is 4.65. The van der Waals surface area contributed by atoms with Crippen molar-refractivity contribution < 1.29 is 4.92 Å². The molecule has 4 aromatic rings. The summed E-state index contributed by atoms with van der Waals surface area (Å²) in [6, 6.07) is 16.2. The number of benzene rings is 2. The van der Waals surface area contributed by atoms with E-state index < -0.39 is 4.92 Å². The minimum atomic E-state index is -0.451. The van der Waals surface area contributed by atoms with Crippen LogP contribution in [-0.2, 0) is 6.54 Å². The Morgan fingerprint density at radius 3 is 2.33 bits per heavy atom. The number of nitrogens with one attached hydrogen (secondary N) is 1. The number of nitrogens with zero attached hydrogens (tertiary/aromatic N) is 4. The molecule has 2 heterocycles. The SMILES string of the molecule is O=[N+]([O-])c1nccn1CCCCNc1c2ccccc2nc2ccccc12. The molecule has 0 spiro atoms. The predicted octanol–water partition coefficient (Wildman–Crippen LogP) is 4.39. The van der Waals surface area contributed by atoms with Crippen LogP contribution in [0.2, 0.25) is 0 Å². The number of pyridine rings is 1. The molecule has 0 saturated heterocycles. The van der Waals surface area contributed by atoms with Gasteiger partial charge in [-0.15, -0.1) is 0 Å². The molecule has 0 aliphatic rings. The molecule has 0 saturated carbocycles. The van der Waals surface area contributed by atoms with Crippen LogP contribution < -0.4 is 5.32 Å². The summed E-state index contributed by atoms with van der Waals surface area (Å²) in [5.74, 6) is -0.103. The summed E-state index contributed by atoms with van der Waals surface area (Å²) in [4.78, 5) is 19.0. The maximum Gasteiger partial charge on any atom is 0.434 e. The van der Waals surface area contributed by atoms with Crippen LogP contribution in [0, 0.1) is 10.1 Å². The van der Waals surface area contributed by atoms with Crippen LogP contribution in [0.15, 0.2) is 60.9 Å². The lowest BCUT2D eigenvalue weighted by Gasteiger charge is -2.13. The summed E-state index contributed by atoms with van der Waals surface area (Å²) < 4.78 is 1.58. The molecule has 7 nitrogen and oxygen atoms in total. The first kappa shape index (κ1) is 17.0. The normalized spacial score (nSPS) is 11.1. The van der Waals surface area contributed by atoms with Crippen molar-refractivity contribution in [3.63, 3.8) is 0 Å². The number of aryl methyl sites for hydroxylation is 1. The summed E-state index contributed by atoms with van der Waals surface area (Å²) in [6.45, 7) is 1.36. The van der Waals surface area contributed by atoms with E-state index in [2.05, 4.69) is 22.4 Å². The van der Waals surface area contributed by atoms with Crippen LogP contribution in [0.4, 0.5) is 11.6 Å². The van der Waals surface area contributed by atoms with Gasteiger partial charge in [0.05, 0.1) is 23.3 Å². The summed E-state index contributed by atoms with van der Waals surface area (Å²) >= 11 is 0. The number of fused-ring (bicyclic) bond motifs is 2. The molecule has 0 bridgehead atoms. The zero-order chi connectivity index (χ0) is 18.6. The van der Waals surface area contributed by atoms with Gasteiger partial charge in [0.25, 0.3) is 0 Å². The zero-order valence-electron chi connectivity index (χ0n) is 14.7. The van der Waals surface area contributed by atoms with Gasteiger partial charge in [0.1, 0.15) is 12.4 Å². The summed E-state index contributed by atoms with van der Waals surface area (Å²) in [6.07, 6.45) is 4.83. The Labute approximate surface area is 155 Å². The van der Waals surface area contributed by atoms with E-state index >= 15 is 0 Å². The minimum Gasteiger partial charge on any atom is -0.390 e. The van der Waals surface area contributed by atoms with Crippen LogP contribution in [-0.4, -0.2) is 26.0 Å². The second-order valence-electron chi connectivity index (χ2n) is 6.33. The molecule has 1 N–H and O–H groups in total. The molecular formula is C20H19N5O2. The molecule has 0 aliphatic carbocycles. The van der Waals surface area contributed by atoms with E-state index in [0.717, 1.165) is 46.9 Å². The van der Waals surface area contributed by atoms with Crippen molar-refractivity contribution in [3.05, 3.63) is 71.0 Å². The van der Waals surface area contributed by atoms with Gasteiger partial charge in [0.2, 0.25) is 0 Å². The smallest absolute Gasteiger partial charge is 0.390 e. The van der Waals surface area contributed by atoms with Gasteiger partial charge in [-0.25, -0.2) is 9.55 Å². The van der Waals surface area contributed by atoms with Crippen molar-refractivity contribution in [2.75, 3.05) is 11.9 Å². The predicted molar refractivity (Wildman–Crippen MR) is 106 cm³/mol. The maximum absolute atomic E-state index is 10.9. The molecule has 0 fully saturated rings. The first-order valence-corrected chi connectivity index (χ1v) is 8.91. The van der Waals surface area contributed by atoms with Gasteiger partial charge in [-0.3, -0.25) is 0 Å². The van der Waals surface area contributed by atoms with Crippen molar-refractivity contribution >= 4 is 33.4 Å². The van der Waals surface area contributed by atoms with Gasteiger partial charge in [-0.1, -0.05) is 41.4 Å². The number of aromatic nitrogens is 3. The van der Waals surface area contributed by atoms with E-state index in [0.29, 0.717) is 6.54 Å². The van der Waals surface area contributed by atoms with E-state index in [1.54, 1.807) is 10.8 Å². The van der Waals surface area contributed by atoms with Gasteiger partial charge < -0.3 is 15.4 Å². The molecule has 27 heavy (non-hydrogen) atoms. The van der Waals surface area contributed by atoms with E-state index in [1.165, 1.54) is 6.20 Å². The van der Waals surface area contributed by atoms with Crippen LogP contribution in [0.25, 0.3) is 21.8 Å². The van der Waals surface area contributed by atoms with Crippen LogP contribution >= 0.6 is 0 Å². The zero-order valence-corrected chi connectivity index (χ0v) is 14.7. The maximum atomic E-state index is 10.9. The average Bonchev–Trinajstić information content (AvgIpc) is 3.16. The Morgan fingerprint density at radius 2 is 1.67 bits per heavy atom. The van der Waals surface area contributed by atoms with E-state index in [1.807, 2.05) is 36.4 Å². The lowest BCUT2D eigenvalue weighted by Crippen LogP contribution is -2.07. The topological polar surface area (TPSA) is 85.9 Å². The molecule has 0 atom stereocenters. The van der Waals surface area contributed by atoms with Gasteiger partial charge in [0, 0.05) is 17.3 Å². The second kappa shape index (κ2) is 7.41. The number of unbranched alkanes of at least 4 members (excludes halogenated alkanes) is 1. The fourth-order valence-corrected chi connectivity index (χ4v) is 3.30. The molecular weight excluding hydrogens is 342 g/mol. The highest BCUT2D eigenvalue weighted by Crippen LogP contribution is 2.30. The Bertz CT molecular complexity index is 1050. The van der Waals surface area contributed by atoms with Crippen molar-refractivity contribution in [2.24, 2.45) is 0 Å². The largest absolute Gasteiger partial charge is 0.434 e. The van der Waals surface area contributed by atoms with E-state index in [9.17, 15) is 10.1 Å². The number of hydrogen-bond donors (Lipinski definition) is 1. The monoisotopic (exact) mass is 361 g/mol. The summed E-state index contributed by atoms with van der Waals surface area (Å²) in [7, 11) is 0. The van der Waals surface area contributed by atoms with E-state index in [-0.39, 0.29) is 5.95 Å². The first-order valence-electron chi connectivity index (χ1n) is 8.91. The number of nitro groups is 1. The lowest BCUT2D eigenvalue weighted by molar-refractivity contribution is -0.396. The molecule has 7 heteroatoms. The van der Waals surface area contributed by atoms with Crippen molar-refractivity contribution in [1.29, 1.82) is 0 Å². The third kappa shape index (κ3) is 3.44. The number of hydrogen-bond acceptors (Lipinski definition) is 5. The summed E-state index contributed by atoms with van der Waals surface area (Å²) in [5, 5.41) is 16.7.